The molecule has 122 valence electrons. The van der Waals surface area contributed by atoms with Crippen LogP contribution in [0.1, 0.15) is 59.3 Å². The average molecular weight is 296 g/mol. The lowest BCUT2D eigenvalue weighted by atomic mass is 9.92. The molecule has 21 heavy (non-hydrogen) atoms. The van der Waals surface area contributed by atoms with Crippen LogP contribution in [0.3, 0.4) is 0 Å². The summed E-state index contributed by atoms with van der Waals surface area (Å²) in [4.78, 5) is 17.3. The number of amides is 1. The minimum atomic E-state index is -0.270. The highest BCUT2D eigenvalue weighted by atomic mass is 16.3. The molecular weight excluding hydrogens is 264 g/mol. The van der Waals surface area contributed by atoms with Gasteiger partial charge in [0.25, 0.3) is 0 Å². The zero-order valence-electron chi connectivity index (χ0n) is 13.9. The minimum Gasteiger partial charge on any atom is -0.393 e. The van der Waals surface area contributed by atoms with Crippen molar-refractivity contribution in [3.63, 3.8) is 0 Å². The fourth-order valence-corrected chi connectivity index (χ4v) is 3.90. The maximum atomic E-state index is 12.9. The number of aliphatic hydroxyl groups excluding tert-OH is 1. The number of carbonyl (C=O) groups is 1. The van der Waals surface area contributed by atoms with Gasteiger partial charge in [0, 0.05) is 19.1 Å². The monoisotopic (exact) mass is 296 g/mol. The second-order valence-electron chi connectivity index (χ2n) is 6.90. The van der Waals surface area contributed by atoms with E-state index in [1.807, 2.05) is 13.8 Å². The van der Waals surface area contributed by atoms with E-state index in [1.165, 1.54) is 6.42 Å². The molecular formula is C17H32N2O2. The highest BCUT2D eigenvalue weighted by Crippen LogP contribution is 2.25. The Morgan fingerprint density at radius 2 is 1.95 bits per heavy atom. The number of likely N-dealkylation sites (tertiary alicyclic amines) is 2. The molecule has 4 atom stereocenters. The maximum absolute atomic E-state index is 12.9. The predicted octanol–water partition coefficient (Wildman–Crippen LogP) is 2.26. The molecule has 1 N–H and O–H groups in total. The van der Waals surface area contributed by atoms with Crippen LogP contribution in [-0.4, -0.2) is 58.6 Å². The Morgan fingerprint density at radius 3 is 2.62 bits per heavy atom. The number of nitrogens with zero attached hydrogens (tertiary/aromatic N) is 2. The van der Waals surface area contributed by atoms with Crippen LogP contribution in [0.5, 0.6) is 0 Å². The van der Waals surface area contributed by atoms with Crippen molar-refractivity contribution in [3.05, 3.63) is 0 Å². The largest absolute Gasteiger partial charge is 0.393 e. The first-order valence-electron chi connectivity index (χ1n) is 8.77. The first-order chi connectivity index (χ1) is 10.0. The lowest BCUT2D eigenvalue weighted by Gasteiger charge is -2.42. The van der Waals surface area contributed by atoms with Crippen LogP contribution in [0.2, 0.25) is 0 Å². The van der Waals surface area contributed by atoms with Gasteiger partial charge in [0.2, 0.25) is 5.91 Å². The summed E-state index contributed by atoms with van der Waals surface area (Å²) in [5.41, 5.74) is 0. The smallest absolute Gasteiger partial charge is 0.239 e. The van der Waals surface area contributed by atoms with Gasteiger partial charge in [0.1, 0.15) is 0 Å². The molecule has 0 aromatic carbocycles. The third-order valence-corrected chi connectivity index (χ3v) is 5.46. The van der Waals surface area contributed by atoms with Crippen LogP contribution >= 0.6 is 0 Å². The van der Waals surface area contributed by atoms with Gasteiger partial charge in [-0.3, -0.25) is 9.69 Å². The first kappa shape index (κ1) is 16.8. The molecule has 2 heterocycles. The summed E-state index contributed by atoms with van der Waals surface area (Å²) >= 11 is 0. The molecule has 4 nitrogen and oxygen atoms in total. The van der Waals surface area contributed by atoms with Crippen LogP contribution in [0.4, 0.5) is 0 Å². The number of carbonyl (C=O) groups excluding carboxylic acids is 1. The summed E-state index contributed by atoms with van der Waals surface area (Å²) in [6.45, 7) is 8.88. The molecule has 0 aromatic rings. The third kappa shape index (κ3) is 3.98. The van der Waals surface area contributed by atoms with E-state index in [4.69, 9.17) is 0 Å². The van der Waals surface area contributed by atoms with Crippen molar-refractivity contribution in [2.24, 2.45) is 5.92 Å². The molecule has 0 bridgehead atoms. The maximum Gasteiger partial charge on any atom is 0.239 e. The van der Waals surface area contributed by atoms with Crippen LogP contribution < -0.4 is 0 Å². The van der Waals surface area contributed by atoms with Crippen molar-refractivity contribution in [2.75, 3.05) is 19.6 Å². The Hall–Kier alpha value is -0.610. The topological polar surface area (TPSA) is 43.8 Å². The Bertz CT molecular complexity index is 346. The zero-order valence-corrected chi connectivity index (χ0v) is 13.9. The van der Waals surface area contributed by atoms with Gasteiger partial charge in [-0.25, -0.2) is 0 Å². The van der Waals surface area contributed by atoms with E-state index in [2.05, 4.69) is 16.7 Å². The lowest BCUT2D eigenvalue weighted by molar-refractivity contribution is -0.141. The Balaban J connectivity index is 1.97. The first-order valence-corrected chi connectivity index (χ1v) is 8.77. The molecule has 0 spiro atoms. The summed E-state index contributed by atoms with van der Waals surface area (Å²) in [5.74, 6) is 0.616. The number of hydrogen-bond donors (Lipinski definition) is 1. The molecule has 2 rings (SSSR count). The van der Waals surface area contributed by atoms with E-state index in [0.29, 0.717) is 17.9 Å². The molecule has 2 aliphatic rings. The van der Waals surface area contributed by atoms with E-state index < -0.39 is 0 Å². The summed E-state index contributed by atoms with van der Waals surface area (Å²) in [6, 6.07) is 0.393. The van der Waals surface area contributed by atoms with E-state index in [1.54, 1.807) is 0 Å². The van der Waals surface area contributed by atoms with Crippen molar-refractivity contribution >= 4 is 5.91 Å². The zero-order chi connectivity index (χ0) is 15.4. The van der Waals surface area contributed by atoms with Gasteiger partial charge in [-0.1, -0.05) is 6.92 Å². The number of hydrogen-bond acceptors (Lipinski definition) is 3. The Morgan fingerprint density at radius 1 is 1.19 bits per heavy atom. The van der Waals surface area contributed by atoms with Gasteiger partial charge in [-0.15, -0.1) is 0 Å². The highest BCUT2D eigenvalue weighted by molar-refractivity contribution is 5.82. The number of piperidine rings is 2. The van der Waals surface area contributed by atoms with Crippen LogP contribution in [-0.2, 0) is 4.79 Å². The quantitative estimate of drug-likeness (QED) is 0.865. The number of aliphatic hydroxyl groups is 1. The number of rotatable bonds is 4. The predicted molar refractivity (Wildman–Crippen MR) is 85.1 cm³/mol. The van der Waals surface area contributed by atoms with Crippen molar-refractivity contribution < 1.29 is 9.90 Å². The van der Waals surface area contributed by atoms with Crippen LogP contribution in [0.25, 0.3) is 0 Å². The summed E-state index contributed by atoms with van der Waals surface area (Å²) in [7, 11) is 0. The summed E-state index contributed by atoms with van der Waals surface area (Å²) in [6.07, 6.45) is 6.52. The normalized spacial score (nSPS) is 31.0. The third-order valence-electron chi connectivity index (χ3n) is 5.46. The molecule has 2 aliphatic heterocycles. The standard InChI is InChI=1S/C17H32N2O2/c1-4-16-9-5-6-11-19(16)17(21)13(2)18-10-7-8-15(12-18)14(3)20/h13-16,20H,4-12H2,1-3H3. The SMILES string of the molecule is CCC1CCCCN1C(=O)C(C)N1CCCC(C(C)O)C1. The van der Waals surface area contributed by atoms with E-state index in [0.717, 1.165) is 51.7 Å². The Kier molecular flexibility index (Phi) is 6.06. The lowest BCUT2D eigenvalue weighted by Crippen LogP contribution is -2.54. The average Bonchev–Trinajstić information content (AvgIpc) is 2.53. The van der Waals surface area contributed by atoms with Gasteiger partial charge in [-0.05, 0) is 64.8 Å². The molecule has 0 aromatic heterocycles. The van der Waals surface area contributed by atoms with Gasteiger partial charge < -0.3 is 10.0 Å². The molecule has 4 unspecified atom stereocenters. The second kappa shape index (κ2) is 7.59. The van der Waals surface area contributed by atoms with Gasteiger partial charge in [0.05, 0.1) is 12.1 Å². The molecule has 0 aliphatic carbocycles. The highest BCUT2D eigenvalue weighted by Gasteiger charge is 2.34. The molecule has 0 saturated carbocycles. The van der Waals surface area contributed by atoms with E-state index >= 15 is 0 Å². The van der Waals surface area contributed by atoms with E-state index in [9.17, 15) is 9.90 Å². The fourth-order valence-electron chi connectivity index (χ4n) is 3.90. The molecule has 1 amide bonds. The van der Waals surface area contributed by atoms with Gasteiger partial charge in [0.15, 0.2) is 0 Å². The van der Waals surface area contributed by atoms with Crippen molar-refractivity contribution in [1.29, 1.82) is 0 Å². The fraction of sp³-hybridized carbons (Fsp3) is 0.941. The Labute approximate surface area is 129 Å². The van der Waals surface area contributed by atoms with Crippen LogP contribution in [0, 0.1) is 5.92 Å². The summed E-state index contributed by atoms with van der Waals surface area (Å²) < 4.78 is 0. The molecule has 4 heteroatoms. The van der Waals surface area contributed by atoms with Crippen molar-refractivity contribution in [2.45, 2.75) is 77.5 Å². The molecule has 0 radical (unpaired) electrons. The molecule has 2 fully saturated rings. The van der Waals surface area contributed by atoms with Gasteiger partial charge >= 0.3 is 0 Å². The molecule has 2 saturated heterocycles. The van der Waals surface area contributed by atoms with Crippen LogP contribution in [0.15, 0.2) is 0 Å². The van der Waals surface area contributed by atoms with Crippen molar-refractivity contribution in [1.82, 2.24) is 9.80 Å². The summed E-state index contributed by atoms with van der Waals surface area (Å²) in [5, 5.41) is 9.82. The minimum absolute atomic E-state index is 0.0429. The van der Waals surface area contributed by atoms with Gasteiger partial charge in [-0.2, -0.15) is 0 Å². The second-order valence-corrected chi connectivity index (χ2v) is 6.90. The van der Waals surface area contributed by atoms with E-state index in [-0.39, 0.29) is 12.1 Å². The van der Waals surface area contributed by atoms with Crippen molar-refractivity contribution in [3.8, 4) is 0 Å².